The Morgan fingerprint density at radius 3 is 2.58 bits per heavy atom. The molecule has 0 fully saturated rings. The predicted molar refractivity (Wildman–Crippen MR) is 127 cm³/mol. The quantitative estimate of drug-likeness (QED) is 0.455. The van der Waals surface area contributed by atoms with E-state index in [0.29, 0.717) is 5.13 Å². The summed E-state index contributed by atoms with van der Waals surface area (Å²) >= 11 is 2.76. The minimum atomic E-state index is -0.639. The molecular weight excluding hydrogens is 428 g/mol. The van der Waals surface area contributed by atoms with Crippen molar-refractivity contribution in [2.24, 2.45) is 5.92 Å². The molecule has 6 nitrogen and oxygen atoms in total. The molecule has 1 aromatic heterocycles. The number of rotatable bonds is 9. The van der Waals surface area contributed by atoms with Gasteiger partial charge in [-0.25, -0.2) is 0 Å². The molecule has 8 heteroatoms. The Labute approximate surface area is 190 Å². The lowest BCUT2D eigenvalue weighted by atomic mass is 9.98. The fourth-order valence-electron chi connectivity index (χ4n) is 2.93. The van der Waals surface area contributed by atoms with Gasteiger partial charge in [0.15, 0.2) is 0 Å². The van der Waals surface area contributed by atoms with Crippen LogP contribution in [0.2, 0.25) is 0 Å². The number of amides is 2. The molecule has 2 atom stereocenters. The Hall–Kier alpha value is -2.71. The van der Waals surface area contributed by atoms with Gasteiger partial charge in [-0.3, -0.25) is 14.9 Å². The van der Waals surface area contributed by atoms with Crippen molar-refractivity contribution in [2.75, 3.05) is 11.1 Å². The van der Waals surface area contributed by atoms with Crippen LogP contribution in [0, 0.1) is 12.8 Å². The Balaban J connectivity index is 1.62. The highest BCUT2D eigenvalue weighted by Crippen LogP contribution is 2.27. The van der Waals surface area contributed by atoms with Crippen LogP contribution < -0.4 is 10.6 Å². The molecule has 3 rings (SSSR count). The minimum Gasteiger partial charge on any atom is -0.343 e. The fourth-order valence-corrected chi connectivity index (χ4v) is 4.41. The van der Waals surface area contributed by atoms with Crippen LogP contribution in [0.1, 0.15) is 25.8 Å². The van der Waals surface area contributed by atoms with Gasteiger partial charge in [0.2, 0.25) is 16.9 Å². The molecule has 2 unspecified atom stereocenters. The highest BCUT2D eigenvalue weighted by Gasteiger charge is 2.27. The summed E-state index contributed by atoms with van der Waals surface area (Å²) in [5, 5.41) is 15.2. The largest absolute Gasteiger partial charge is 0.343 e. The van der Waals surface area contributed by atoms with Crippen molar-refractivity contribution in [3.05, 3.63) is 60.2 Å². The number of carbonyl (C=O) groups excluding carboxylic acids is 2. The van der Waals surface area contributed by atoms with Crippen molar-refractivity contribution in [2.45, 2.75) is 38.1 Å². The van der Waals surface area contributed by atoms with Crippen molar-refractivity contribution in [1.82, 2.24) is 15.5 Å². The Bertz CT molecular complexity index is 1020. The van der Waals surface area contributed by atoms with Crippen molar-refractivity contribution < 1.29 is 9.59 Å². The molecule has 1 heterocycles. The van der Waals surface area contributed by atoms with Crippen molar-refractivity contribution in [3.63, 3.8) is 0 Å². The molecule has 0 spiro atoms. The molecule has 0 radical (unpaired) electrons. The maximum Gasteiger partial charge on any atom is 0.249 e. The summed E-state index contributed by atoms with van der Waals surface area (Å²) in [6.45, 7) is 5.96. The predicted octanol–water partition coefficient (Wildman–Crippen LogP) is 4.78. The second kappa shape index (κ2) is 11.1. The lowest BCUT2D eigenvalue weighted by Gasteiger charge is -2.22. The summed E-state index contributed by atoms with van der Waals surface area (Å²) in [6.07, 6.45) is 0.759. The number of aromatic nitrogens is 2. The summed E-state index contributed by atoms with van der Waals surface area (Å²) < 4.78 is 0. The van der Waals surface area contributed by atoms with Crippen LogP contribution in [0.5, 0.6) is 0 Å². The highest BCUT2D eigenvalue weighted by molar-refractivity contribution is 8.00. The molecule has 0 aliphatic carbocycles. The van der Waals surface area contributed by atoms with Gasteiger partial charge in [-0.15, -0.1) is 22.0 Å². The van der Waals surface area contributed by atoms with Crippen LogP contribution in [0.4, 0.5) is 5.13 Å². The van der Waals surface area contributed by atoms with Gasteiger partial charge < -0.3 is 5.32 Å². The molecule has 0 aliphatic rings. The number of anilines is 1. The van der Waals surface area contributed by atoms with Gasteiger partial charge in [0.25, 0.3) is 0 Å². The third-order valence-corrected chi connectivity index (χ3v) is 6.75. The summed E-state index contributed by atoms with van der Waals surface area (Å²) in [5.41, 5.74) is 2.09. The van der Waals surface area contributed by atoms with E-state index in [9.17, 15) is 9.59 Å². The third-order valence-electron chi connectivity index (χ3n) is 4.85. The van der Waals surface area contributed by atoms with E-state index in [0.717, 1.165) is 27.5 Å². The molecule has 2 aromatic carbocycles. The minimum absolute atomic E-state index is 0.0187. The molecule has 162 valence electrons. The van der Waals surface area contributed by atoms with E-state index in [-0.39, 0.29) is 23.5 Å². The number of nitrogens with zero attached hydrogens (tertiary/aromatic N) is 2. The van der Waals surface area contributed by atoms with Gasteiger partial charge in [-0.05, 0) is 31.0 Å². The first-order valence-corrected chi connectivity index (χ1v) is 11.9. The summed E-state index contributed by atoms with van der Waals surface area (Å²) in [4.78, 5) is 26.4. The molecule has 0 aliphatic heterocycles. The van der Waals surface area contributed by atoms with E-state index in [1.165, 1.54) is 23.1 Å². The number of thioether (sulfide) groups is 1. The lowest BCUT2D eigenvalue weighted by molar-refractivity contribution is -0.126. The maximum absolute atomic E-state index is 12.9. The van der Waals surface area contributed by atoms with Crippen LogP contribution in [-0.2, 0) is 9.59 Å². The van der Waals surface area contributed by atoms with Gasteiger partial charge in [-0.2, -0.15) is 0 Å². The maximum atomic E-state index is 12.9. The average Bonchev–Trinajstić information content (AvgIpc) is 3.24. The van der Waals surface area contributed by atoms with Gasteiger partial charge in [0.1, 0.15) is 11.0 Å². The third kappa shape index (κ3) is 6.63. The molecule has 0 bridgehead atoms. The van der Waals surface area contributed by atoms with Crippen LogP contribution >= 0.6 is 23.1 Å². The summed E-state index contributed by atoms with van der Waals surface area (Å²) in [7, 11) is 0. The Kier molecular flexibility index (Phi) is 8.20. The number of benzene rings is 2. The number of hydrogen-bond acceptors (Lipinski definition) is 6. The Morgan fingerprint density at radius 2 is 1.87 bits per heavy atom. The topological polar surface area (TPSA) is 84.0 Å². The zero-order valence-electron chi connectivity index (χ0n) is 17.8. The van der Waals surface area contributed by atoms with E-state index in [2.05, 4.69) is 20.8 Å². The monoisotopic (exact) mass is 454 g/mol. The summed E-state index contributed by atoms with van der Waals surface area (Å²) in [6, 6.07) is 17.0. The van der Waals surface area contributed by atoms with Crippen molar-refractivity contribution >= 4 is 40.0 Å². The zero-order chi connectivity index (χ0) is 22.2. The van der Waals surface area contributed by atoms with Crippen LogP contribution in [0.15, 0.2) is 59.5 Å². The van der Waals surface area contributed by atoms with E-state index in [4.69, 9.17) is 0 Å². The van der Waals surface area contributed by atoms with E-state index in [1.54, 1.807) is 0 Å². The SMILES string of the molecule is CCC(C)C(NC(=O)CSc1ccccc1)C(=O)Nc1nnc(-c2cccc(C)c2)s1. The fraction of sp³-hybridized carbons (Fsp3) is 0.304. The van der Waals surface area contributed by atoms with Crippen LogP contribution in [0.3, 0.4) is 0 Å². The van der Waals surface area contributed by atoms with Gasteiger partial charge in [0, 0.05) is 10.5 Å². The number of nitrogens with one attached hydrogen (secondary N) is 2. The van der Waals surface area contributed by atoms with Crippen LogP contribution in [0.25, 0.3) is 10.6 Å². The first-order valence-electron chi connectivity index (χ1n) is 10.1. The molecule has 3 aromatic rings. The van der Waals surface area contributed by atoms with E-state index >= 15 is 0 Å². The Morgan fingerprint density at radius 1 is 1.10 bits per heavy atom. The smallest absolute Gasteiger partial charge is 0.249 e. The molecule has 0 saturated carbocycles. The number of aryl methyl sites for hydroxylation is 1. The lowest BCUT2D eigenvalue weighted by Crippen LogP contribution is -2.48. The van der Waals surface area contributed by atoms with Gasteiger partial charge in [0.05, 0.1) is 5.75 Å². The van der Waals surface area contributed by atoms with Crippen molar-refractivity contribution in [1.29, 1.82) is 0 Å². The van der Waals surface area contributed by atoms with Gasteiger partial charge in [-0.1, -0.05) is 73.6 Å². The zero-order valence-corrected chi connectivity index (χ0v) is 19.4. The second-order valence-corrected chi connectivity index (χ2v) is 9.33. The first kappa shape index (κ1) is 23.0. The molecule has 2 amide bonds. The normalized spacial score (nSPS) is 12.7. The second-order valence-electron chi connectivity index (χ2n) is 7.30. The number of carbonyl (C=O) groups is 2. The summed E-state index contributed by atoms with van der Waals surface area (Å²) in [5.74, 6) is -0.221. The average molecular weight is 455 g/mol. The molecule has 2 N–H and O–H groups in total. The first-order chi connectivity index (χ1) is 15.0. The van der Waals surface area contributed by atoms with Crippen molar-refractivity contribution in [3.8, 4) is 10.6 Å². The molecular formula is C23H26N4O2S2. The van der Waals surface area contributed by atoms with Gasteiger partial charge >= 0.3 is 0 Å². The molecule has 31 heavy (non-hydrogen) atoms. The van der Waals surface area contributed by atoms with Crippen LogP contribution in [-0.4, -0.2) is 33.8 Å². The standard InChI is InChI=1S/C23H26N4O2S2/c1-4-16(3)20(24-19(28)14-30-18-11-6-5-7-12-18)21(29)25-23-27-26-22(31-23)17-10-8-9-15(2)13-17/h5-13,16,20H,4,14H2,1-3H3,(H,24,28)(H,25,27,29). The van der Waals surface area contributed by atoms with E-state index < -0.39 is 6.04 Å². The highest BCUT2D eigenvalue weighted by atomic mass is 32.2. The molecule has 0 saturated heterocycles. The van der Waals surface area contributed by atoms with E-state index in [1.807, 2.05) is 75.4 Å². The number of hydrogen-bond donors (Lipinski definition) is 2.